The van der Waals surface area contributed by atoms with Crippen molar-refractivity contribution in [1.29, 1.82) is 0 Å². The van der Waals surface area contributed by atoms with Crippen LogP contribution >= 0.6 is 27.3 Å². The molecule has 1 fully saturated rings. The molecule has 2 unspecified atom stereocenters. The molecule has 0 saturated carbocycles. The van der Waals surface area contributed by atoms with E-state index in [1.165, 1.54) is 14.2 Å². The lowest BCUT2D eigenvalue weighted by Crippen LogP contribution is -2.36. The lowest BCUT2D eigenvalue weighted by atomic mass is 9.81. The van der Waals surface area contributed by atoms with E-state index in [-0.39, 0.29) is 11.2 Å². The molecule has 0 bridgehead atoms. The van der Waals surface area contributed by atoms with Crippen molar-refractivity contribution in [3.8, 4) is 0 Å². The van der Waals surface area contributed by atoms with Crippen LogP contribution in [0, 0.1) is 12.8 Å². The average molecular weight is 346 g/mol. The van der Waals surface area contributed by atoms with Gasteiger partial charge in [0.1, 0.15) is 0 Å². The van der Waals surface area contributed by atoms with Crippen LogP contribution < -0.4 is 5.32 Å². The molecule has 0 amide bonds. The first kappa shape index (κ1) is 15.5. The largest absolute Gasteiger partial charge is 0.369 e. The Labute approximate surface area is 129 Å². The Hall–Kier alpha value is 0.1000. The van der Waals surface area contributed by atoms with Gasteiger partial charge in [0.2, 0.25) is 0 Å². The van der Waals surface area contributed by atoms with Gasteiger partial charge in [-0.1, -0.05) is 0 Å². The molecule has 0 spiro atoms. The molecular formula is C15H24BrNOS. The molecule has 0 radical (unpaired) electrons. The molecule has 2 rings (SSSR count). The lowest BCUT2D eigenvalue weighted by Gasteiger charge is -2.32. The number of ether oxygens (including phenoxy) is 1. The second-order valence-corrected chi connectivity index (χ2v) is 9.05. The molecule has 19 heavy (non-hydrogen) atoms. The molecule has 0 aliphatic carbocycles. The van der Waals surface area contributed by atoms with Crippen molar-refractivity contribution >= 4 is 27.3 Å². The summed E-state index contributed by atoms with van der Waals surface area (Å²) in [5.41, 5.74) is 1.19. The quantitative estimate of drug-likeness (QED) is 0.859. The normalized spacial score (nSPS) is 26.6. The third kappa shape index (κ3) is 3.07. The highest BCUT2D eigenvalue weighted by Crippen LogP contribution is 2.49. The lowest BCUT2D eigenvalue weighted by molar-refractivity contribution is -0.0775. The van der Waals surface area contributed by atoms with Crippen molar-refractivity contribution in [2.24, 2.45) is 5.92 Å². The third-order valence-electron chi connectivity index (χ3n) is 4.04. The summed E-state index contributed by atoms with van der Waals surface area (Å²) < 4.78 is 7.48. The topological polar surface area (TPSA) is 21.3 Å². The van der Waals surface area contributed by atoms with Crippen LogP contribution in [0.15, 0.2) is 9.85 Å². The Bertz CT molecular complexity index is 447. The van der Waals surface area contributed by atoms with Crippen LogP contribution in [0.4, 0.5) is 0 Å². The molecule has 4 heteroatoms. The van der Waals surface area contributed by atoms with Gasteiger partial charge < -0.3 is 10.1 Å². The smallest absolute Gasteiger partial charge is 0.0731 e. The van der Waals surface area contributed by atoms with E-state index in [0.717, 1.165) is 6.42 Å². The molecule has 1 aliphatic rings. The zero-order valence-electron chi connectivity index (χ0n) is 12.6. The van der Waals surface area contributed by atoms with Gasteiger partial charge >= 0.3 is 0 Å². The van der Waals surface area contributed by atoms with Gasteiger partial charge in [0, 0.05) is 16.8 Å². The number of hydrogen-bond donors (Lipinski definition) is 1. The highest BCUT2D eigenvalue weighted by Gasteiger charge is 2.49. The van der Waals surface area contributed by atoms with Gasteiger partial charge in [-0.15, -0.1) is 11.3 Å². The van der Waals surface area contributed by atoms with Gasteiger partial charge in [-0.25, -0.2) is 0 Å². The van der Waals surface area contributed by atoms with Crippen molar-refractivity contribution in [1.82, 2.24) is 5.32 Å². The van der Waals surface area contributed by atoms with Crippen LogP contribution in [-0.4, -0.2) is 18.2 Å². The van der Waals surface area contributed by atoms with Gasteiger partial charge in [0.25, 0.3) is 0 Å². The SMILES string of the molecule is CNC(c1cc(C)c(Br)s1)C1CC(C)(C)OC1(C)C. The van der Waals surface area contributed by atoms with E-state index in [2.05, 4.69) is 69.0 Å². The molecule has 1 aromatic heterocycles. The predicted molar refractivity (Wildman–Crippen MR) is 85.9 cm³/mol. The fraction of sp³-hybridized carbons (Fsp3) is 0.733. The summed E-state index contributed by atoms with van der Waals surface area (Å²) in [6.45, 7) is 11.0. The van der Waals surface area contributed by atoms with Gasteiger partial charge in [0.15, 0.2) is 0 Å². The Morgan fingerprint density at radius 2 is 2.05 bits per heavy atom. The standard InChI is InChI=1S/C15H24BrNOS/c1-9-7-11(19-13(9)16)12(17-6)10-8-14(2,3)18-15(10,4)5/h7,10,12,17H,8H2,1-6H3. The number of thiophene rings is 1. The molecular weight excluding hydrogens is 322 g/mol. The number of rotatable bonds is 3. The maximum absolute atomic E-state index is 6.24. The van der Waals surface area contributed by atoms with E-state index >= 15 is 0 Å². The minimum atomic E-state index is -0.0957. The van der Waals surface area contributed by atoms with E-state index in [1.807, 2.05) is 11.3 Å². The fourth-order valence-corrected chi connectivity index (χ4v) is 5.05. The van der Waals surface area contributed by atoms with Crippen LogP contribution in [0.1, 0.15) is 50.6 Å². The molecule has 1 aliphatic heterocycles. The third-order valence-corrected chi connectivity index (χ3v) is 6.26. The Balaban J connectivity index is 2.32. The van der Waals surface area contributed by atoms with Crippen molar-refractivity contribution < 1.29 is 4.74 Å². The monoisotopic (exact) mass is 345 g/mol. The summed E-state index contributed by atoms with van der Waals surface area (Å²) in [7, 11) is 2.05. The molecule has 0 aromatic carbocycles. The first-order valence-electron chi connectivity index (χ1n) is 6.79. The van der Waals surface area contributed by atoms with Crippen LogP contribution in [-0.2, 0) is 4.74 Å². The number of aryl methyl sites for hydroxylation is 1. The van der Waals surface area contributed by atoms with E-state index in [4.69, 9.17) is 4.74 Å². The average Bonchev–Trinajstić information content (AvgIpc) is 2.66. The zero-order chi connectivity index (χ0) is 14.4. The minimum Gasteiger partial charge on any atom is -0.369 e. The maximum atomic E-state index is 6.24. The number of halogens is 1. The maximum Gasteiger partial charge on any atom is 0.0731 e. The minimum absolute atomic E-state index is 0.0349. The fourth-order valence-electron chi connectivity index (χ4n) is 3.30. The van der Waals surface area contributed by atoms with Gasteiger partial charge in [-0.2, -0.15) is 0 Å². The summed E-state index contributed by atoms with van der Waals surface area (Å²) in [5.74, 6) is 0.484. The summed E-state index contributed by atoms with van der Waals surface area (Å²) in [5, 5.41) is 3.50. The zero-order valence-corrected chi connectivity index (χ0v) is 15.0. The first-order chi connectivity index (χ1) is 8.66. The van der Waals surface area contributed by atoms with Crippen LogP contribution in [0.2, 0.25) is 0 Å². The molecule has 1 N–H and O–H groups in total. The van der Waals surface area contributed by atoms with Gasteiger partial charge in [-0.3, -0.25) is 0 Å². The van der Waals surface area contributed by atoms with Crippen molar-refractivity contribution in [2.75, 3.05) is 7.05 Å². The van der Waals surface area contributed by atoms with E-state index in [9.17, 15) is 0 Å². The summed E-state index contributed by atoms with van der Waals surface area (Å²) in [6, 6.07) is 2.64. The second-order valence-electron chi connectivity index (χ2n) is 6.65. The number of hydrogen-bond acceptors (Lipinski definition) is 3. The molecule has 1 saturated heterocycles. The van der Waals surface area contributed by atoms with Crippen molar-refractivity contribution in [2.45, 2.75) is 58.3 Å². The summed E-state index contributed by atoms with van der Waals surface area (Å²) in [4.78, 5) is 1.39. The predicted octanol–water partition coefficient (Wildman–Crippen LogP) is 4.67. The highest BCUT2D eigenvalue weighted by molar-refractivity contribution is 9.11. The second kappa shape index (κ2) is 5.14. The van der Waals surface area contributed by atoms with E-state index in [1.54, 1.807) is 0 Å². The summed E-state index contributed by atoms with van der Waals surface area (Å²) in [6.07, 6.45) is 1.08. The van der Waals surface area contributed by atoms with E-state index < -0.39 is 0 Å². The molecule has 1 aromatic rings. The molecule has 108 valence electrons. The first-order valence-corrected chi connectivity index (χ1v) is 8.40. The van der Waals surface area contributed by atoms with E-state index in [0.29, 0.717) is 12.0 Å². The Kier molecular flexibility index (Phi) is 4.19. The van der Waals surface area contributed by atoms with Crippen LogP contribution in [0.25, 0.3) is 0 Å². The molecule has 2 nitrogen and oxygen atoms in total. The van der Waals surface area contributed by atoms with Gasteiger partial charge in [0.05, 0.1) is 15.0 Å². The van der Waals surface area contributed by atoms with Crippen molar-refractivity contribution in [3.63, 3.8) is 0 Å². The highest BCUT2D eigenvalue weighted by atomic mass is 79.9. The van der Waals surface area contributed by atoms with Crippen LogP contribution in [0.5, 0.6) is 0 Å². The Morgan fingerprint density at radius 3 is 2.42 bits per heavy atom. The van der Waals surface area contributed by atoms with Gasteiger partial charge in [-0.05, 0) is 75.6 Å². The Morgan fingerprint density at radius 1 is 1.42 bits per heavy atom. The van der Waals surface area contributed by atoms with Crippen LogP contribution in [0.3, 0.4) is 0 Å². The summed E-state index contributed by atoms with van der Waals surface area (Å²) >= 11 is 5.47. The van der Waals surface area contributed by atoms with Crippen molar-refractivity contribution in [3.05, 3.63) is 20.3 Å². The number of nitrogens with one attached hydrogen (secondary N) is 1. The molecule has 2 atom stereocenters. The molecule has 2 heterocycles.